The molecule has 0 aliphatic carbocycles. The second kappa shape index (κ2) is 9.30. The minimum absolute atomic E-state index is 0.0321. The van der Waals surface area contributed by atoms with Crippen molar-refractivity contribution in [2.24, 2.45) is 7.05 Å². The second-order valence-corrected chi connectivity index (χ2v) is 10.5. The van der Waals surface area contributed by atoms with Crippen LogP contribution in [0.4, 0.5) is 5.69 Å². The van der Waals surface area contributed by atoms with E-state index in [1.54, 1.807) is 30.1 Å². The van der Waals surface area contributed by atoms with Crippen LogP contribution in [0.15, 0.2) is 47.4 Å². The maximum Gasteiger partial charge on any atom is 0.242 e. The summed E-state index contributed by atoms with van der Waals surface area (Å²) >= 11 is 0. The number of hydrogen-bond acceptors (Lipinski definition) is 5. The van der Waals surface area contributed by atoms with E-state index in [2.05, 4.69) is 4.98 Å². The first-order valence-corrected chi connectivity index (χ1v) is 11.8. The van der Waals surface area contributed by atoms with Crippen molar-refractivity contribution in [3.05, 3.63) is 53.9 Å². The number of aromatic nitrogens is 2. The summed E-state index contributed by atoms with van der Waals surface area (Å²) in [6.07, 6.45) is 0.802. The number of carbonyl (C=O) groups is 1. The van der Waals surface area contributed by atoms with Gasteiger partial charge in [0, 0.05) is 67.4 Å². The monoisotopic (exact) mass is 457 g/mol. The predicted octanol–water partition coefficient (Wildman–Crippen LogP) is 2.48. The number of sulfonamides is 1. The van der Waals surface area contributed by atoms with Gasteiger partial charge in [0.1, 0.15) is 5.82 Å². The van der Waals surface area contributed by atoms with Crippen molar-refractivity contribution in [1.29, 1.82) is 0 Å². The topological polar surface area (TPSA) is 78.8 Å². The summed E-state index contributed by atoms with van der Waals surface area (Å²) in [6.45, 7) is 0.542. The molecule has 0 saturated carbocycles. The number of hydrogen-bond donors (Lipinski definition) is 0. The molecule has 3 aromatic rings. The summed E-state index contributed by atoms with van der Waals surface area (Å²) < 4.78 is 27.9. The zero-order chi connectivity index (χ0) is 23.6. The maximum absolute atomic E-state index is 12.7. The van der Waals surface area contributed by atoms with Gasteiger partial charge in [-0.25, -0.2) is 17.7 Å². The van der Waals surface area contributed by atoms with E-state index in [-0.39, 0.29) is 10.8 Å². The molecule has 0 unspecified atom stereocenters. The van der Waals surface area contributed by atoms with E-state index in [1.807, 2.05) is 54.9 Å². The summed E-state index contributed by atoms with van der Waals surface area (Å²) in [7, 11) is 7.15. The van der Waals surface area contributed by atoms with Crippen LogP contribution in [0.25, 0.3) is 11.0 Å². The van der Waals surface area contributed by atoms with E-state index >= 15 is 0 Å². The van der Waals surface area contributed by atoms with Crippen LogP contribution in [0.5, 0.6) is 0 Å². The summed E-state index contributed by atoms with van der Waals surface area (Å²) in [4.78, 5) is 21.2. The zero-order valence-electron chi connectivity index (χ0n) is 19.5. The summed E-state index contributed by atoms with van der Waals surface area (Å²) in [5, 5.41) is 0. The normalized spacial score (nSPS) is 11.8. The van der Waals surface area contributed by atoms with E-state index in [0.29, 0.717) is 24.9 Å². The fraction of sp³-hybridized carbons (Fsp3) is 0.391. The number of rotatable bonds is 8. The van der Waals surface area contributed by atoms with Gasteiger partial charge in [-0.05, 0) is 35.9 Å². The van der Waals surface area contributed by atoms with Crippen molar-refractivity contribution >= 4 is 32.7 Å². The van der Waals surface area contributed by atoms with E-state index < -0.39 is 10.0 Å². The Morgan fingerprint density at radius 2 is 1.66 bits per heavy atom. The molecule has 0 aliphatic rings. The number of aryl methyl sites for hydroxylation is 2. The standard InChI is InChI=1S/C23H31N5O3S/c1-25(2)18-9-7-17(8-10-18)16-27(5)23(29)14-13-22-24-20-15-19(32(30,31)26(3)4)11-12-21(20)28(22)6/h7-12,15H,13-14,16H2,1-6H3. The number of nitrogens with zero attached hydrogens (tertiary/aromatic N) is 5. The van der Waals surface area contributed by atoms with Gasteiger partial charge < -0.3 is 14.4 Å². The molecule has 172 valence electrons. The molecule has 0 N–H and O–H groups in total. The lowest BCUT2D eigenvalue weighted by Crippen LogP contribution is -2.26. The molecule has 2 aromatic carbocycles. The van der Waals surface area contributed by atoms with E-state index in [0.717, 1.165) is 22.6 Å². The van der Waals surface area contributed by atoms with Crippen molar-refractivity contribution in [2.45, 2.75) is 24.3 Å². The molecule has 0 atom stereocenters. The number of carbonyl (C=O) groups excluding carboxylic acids is 1. The maximum atomic E-state index is 12.7. The van der Waals surface area contributed by atoms with Gasteiger partial charge in [-0.15, -0.1) is 0 Å². The smallest absolute Gasteiger partial charge is 0.242 e. The van der Waals surface area contributed by atoms with Crippen LogP contribution >= 0.6 is 0 Å². The lowest BCUT2D eigenvalue weighted by Gasteiger charge is -2.18. The van der Waals surface area contributed by atoms with Gasteiger partial charge in [-0.1, -0.05) is 12.1 Å². The van der Waals surface area contributed by atoms with Gasteiger partial charge in [-0.3, -0.25) is 4.79 Å². The van der Waals surface area contributed by atoms with Gasteiger partial charge in [-0.2, -0.15) is 0 Å². The van der Waals surface area contributed by atoms with E-state index in [9.17, 15) is 13.2 Å². The highest BCUT2D eigenvalue weighted by Crippen LogP contribution is 2.22. The lowest BCUT2D eigenvalue weighted by atomic mass is 10.2. The molecule has 1 aromatic heterocycles. The highest BCUT2D eigenvalue weighted by molar-refractivity contribution is 7.89. The molecule has 0 fully saturated rings. The van der Waals surface area contributed by atoms with Crippen molar-refractivity contribution in [2.75, 3.05) is 40.1 Å². The SMILES string of the molecule is CN(Cc1ccc(N(C)C)cc1)C(=O)CCc1nc2cc(S(=O)(=O)N(C)C)ccc2n1C. The largest absolute Gasteiger partial charge is 0.378 e. The zero-order valence-corrected chi connectivity index (χ0v) is 20.3. The number of amides is 1. The van der Waals surface area contributed by atoms with Gasteiger partial charge in [0.2, 0.25) is 15.9 Å². The van der Waals surface area contributed by atoms with Gasteiger partial charge >= 0.3 is 0 Å². The third-order valence-corrected chi connectivity index (χ3v) is 7.40. The molecule has 9 heteroatoms. The summed E-state index contributed by atoms with van der Waals surface area (Å²) in [6, 6.07) is 13.1. The molecular weight excluding hydrogens is 426 g/mol. The average molecular weight is 458 g/mol. The van der Waals surface area contributed by atoms with Gasteiger partial charge in [0.15, 0.2) is 0 Å². The molecular formula is C23H31N5O3S. The second-order valence-electron chi connectivity index (χ2n) is 8.34. The Bertz CT molecular complexity index is 1210. The Morgan fingerprint density at radius 1 is 1.00 bits per heavy atom. The third-order valence-electron chi connectivity index (χ3n) is 5.58. The van der Waals surface area contributed by atoms with Crippen molar-refractivity contribution in [3.8, 4) is 0 Å². The van der Waals surface area contributed by atoms with Crippen LogP contribution in [-0.2, 0) is 34.8 Å². The minimum atomic E-state index is -3.53. The van der Waals surface area contributed by atoms with Crippen LogP contribution in [0.2, 0.25) is 0 Å². The Hall–Kier alpha value is -2.91. The molecule has 1 heterocycles. The Kier molecular flexibility index (Phi) is 6.90. The molecule has 32 heavy (non-hydrogen) atoms. The van der Waals surface area contributed by atoms with Crippen LogP contribution in [0.3, 0.4) is 0 Å². The molecule has 8 nitrogen and oxygen atoms in total. The quantitative estimate of drug-likeness (QED) is 0.519. The first-order valence-electron chi connectivity index (χ1n) is 10.4. The van der Waals surface area contributed by atoms with E-state index in [1.165, 1.54) is 18.4 Å². The van der Waals surface area contributed by atoms with Gasteiger partial charge in [0.25, 0.3) is 0 Å². The molecule has 0 bridgehead atoms. The minimum Gasteiger partial charge on any atom is -0.378 e. The molecule has 0 spiro atoms. The number of anilines is 1. The average Bonchev–Trinajstić information content (AvgIpc) is 3.07. The Balaban J connectivity index is 1.68. The van der Waals surface area contributed by atoms with Crippen LogP contribution in [0.1, 0.15) is 17.8 Å². The number of fused-ring (bicyclic) bond motifs is 1. The highest BCUT2D eigenvalue weighted by Gasteiger charge is 2.19. The van der Waals surface area contributed by atoms with Crippen LogP contribution in [-0.4, -0.2) is 68.3 Å². The number of imidazole rings is 1. The lowest BCUT2D eigenvalue weighted by molar-refractivity contribution is -0.130. The van der Waals surface area contributed by atoms with Crippen LogP contribution < -0.4 is 4.90 Å². The molecule has 0 aliphatic heterocycles. The van der Waals surface area contributed by atoms with E-state index in [4.69, 9.17) is 0 Å². The molecule has 3 rings (SSSR count). The highest BCUT2D eigenvalue weighted by atomic mass is 32.2. The number of benzene rings is 2. The molecule has 0 saturated heterocycles. The molecule has 1 amide bonds. The first kappa shape index (κ1) is 23.7. The fourth-order valence-electron chi connectivity index (χ4n) is 3.50. The van der Waals surface area contributed by atoms with Crippen molar-refractivity contribution < 1.29 is 13.2 Å². The Labute approximate surface area is 190 Å². The van der Waals surface area contributed by atoms with Crippen molar-refractivity contribution in [1.82, 2.24) is 18.8 Å². The summed E-state index contributed by atoms with van der Waals surface area (Å²) in [5.74, 6) is 0.779. The van der Waals surface area contributed by atoms with Crippen LogP contribution in [0, 0.1) is 0 Å². The summed E-state index contributed by atoms with van der Waals surface area (Å²) in [5.41, 5.74) is 3.63. The Morgan fingerprint density at radius 3 is 2.25 bits per heavy atom. The first-order chi connectivity index (χ1) is 15.0. The third kappa shape index (κ3) is 4.94. The van der Waals surface area contributed by atoms with Gasteiger partial charge in [0.05, 0.1) is 15.9 Å². The fourth-order valence-corrected chi connectivity index (χ4v) is 4.42. The molecule has 0 radical (unpaired) electrons. The van der Waals surface area contributed by atoms with Crippen molar-refractivity contribution in [3.63, 3.8) is 0 Å². The predicted molar refractivity (Wildman–Crippen MR) is 127 cm³/mol.